The first-order chi connectivity index (χ1) is 6.15. The van der Waals surface area contributed by atoms with Crippen molar-refractivity contribution in [2.24, 2.45) is 11.8 Å². The van der Waals surface area contributed by atoms with E-state index in [1.54, 1.807) is 7.05 Å². The van der Waals surface area contributed by atoms with E-state index in [0.29, 0.717) is 12.8 Å². The molecule has 1 aliphatic rings. The highest BCUT2D eigenvalue weighted by molar-refractivity contribution is 5.79. The SMILES string of the molecule is CNC(=O)C1CCCC(C(=O)O)C1. The lowest BCUT2D eigenvalue weighted by Gasteiger charge is -2.24. The van der Waals surface area contributed by atoms with Crippen LogP contribution in [0.15, 0.2) is 0 Å². The van der Waals surface area contributed by atoms with Crippen LogP contribution in [-0.2, 0) is 9.59 Å². The Labute approximate surface area is 77.3 Å². The molecule has 1 rings (SSSR count). The van der Waals surface area contributed by atoms with Crippen molar-refractivity contribution in [1.29, 1.82) is 0 Å². The Hall–Kier alpha value is -1.06. The summed E-state index contributed by atoms with van der Waals surface area (Å²) in [6, 6.07) is 0. The van der Waals surface area contributed by atoms with Gasteiger partial charge in [0.1, 0.15) is 0 Å². The number of aliphatic carboxylic acids is 1. The van der Waals surface area contributed by atoms with Crippen molar-refractivity contribution in [3.63, 3.8) is 0 Å². The van der Waals surface area contributed by atoms with Gasteiger partial charge in [-0.2, -0.15) is 0 Å². The number of carboxylic acid groups (broad SMARTS) is 1. The van der Waals surface area contributed by atoms with Crippen molar-refractivity contribution < 1.29 is 14.7 Å². The molecule has 74 valence electrons. The van der Waals surface area contributed by atoms with Gasteiger partial charge in [-0.25, -0.2) is 0 Å². The van der Waals surface area contributed by atoms with Crippen molar-refractivity contribution in [3.05, 3.63) is 0 Å². The van der Waals surface area contributed by atoms with Gasteiger partial charge in [0.05, 0.1) is 5.92 Å². The molecular formula is C9H15NO3. The van der Waals surface area contributed by atoms with Gasteiger partial charge in [-0.05, 0) is 19.3 Å². The molecule has 0 heterocycles. The molecule has 1 amide bonds. The molecule has 2 unspecified atom stereocenters. The maximum atomic E-state index is 11.2. The highest BCUT2D eigenvalue weighted by atomic mass is 16.4. The third kappa shape index (κ3) is 2.44. The lowest BCUT2D eigenvalue weighted by molar-refractivity contribution is -0.144. The fourth-order valence-electron chi connectivity index (χ4n) is 1.86. The molecule has 1 saturated carbocycles. The molecule has 0 bridgehead atoms. The van der Waals surface area contributed by atoms with Crippen molar-refractivity contribution >= 4 is 11.9 Å². The quantitative estimate of drug-likeness (QED) is 0.662. The molecular weight excluding hydrogens is 170 g/mol. The van der Waals surface area contributed by atoms with Crippen LogP contribution in [0.2, 0.25) is 0 Å². The monoisotopic (exact) mass is 185 g/mol. The Morgan fingerprint density at radius 2 is 1.92 bits per heavy atom. The average molecular weight is 185 g/mol. The van der Waals surface area contributed by atoms with Crippen LogP contribution >= 0.6 is 0 Å². The molecule has 0 aromatic rings. The van der Waals surface area contributed by atoms with Gasteiger partial charge in [0.2, 0.25) is 5.91 Å². The minimum atomic E-state index is -0.770. The van der Waals surface area contributed by atoms with Crippen molar-refractivity contribution in [1.82, 2.24) is 5.32 Å². The number of carbonyl (C=O) groups is 2. The Kier molecular flexibility index (Phi) is 3.28. The lowest BCUT2D eigenvalue weighted by Crippen LogP contribution is -2.33. The Morgan fingerprint density at radius 3 is 2.46 bits per heavy atom. The van der Waals surface area contributed by atoms with Gasteiger partial charge in [0, 0.05) is 13.0 Å². The van der Waals surface area contributed by atoms with Crippen molar-refractivity contribution in [2.75, 3.05) is 7.05 Å². The van der Waals surface area contributed by atoms with Gasteiger partial charge >= 0.3 is 5.97 Å². The second-order valence-electron chi connectivity index (χ2n) is 3.51. The summed E-state index contributed by atoms with van der Waals surface area (Å²) < 4.78 is 0. The minimum Gasteiger partial charge on any atom is -0.481 e. The summed E-state index contributed by atoms with van der Waals surface area (Å²) in [5.74, 6) is -1.21. The molecule has 4 heteroatoms. The first-order valence-corrected chi connectivity index (χ1v) is 4.59. The minimum absolute atomic E-state index is 0.0223. The summed E-state index contributed by atoms with van der Waals surface area (Å²) in [6.07, 6.45) is 2.87. The molecule has 0 aliphatic heterocycles. The van der Waals surface area contributed by atoms with E-state index in [-0.39, 0.29) is 17.7 Å². The zero-order valence-corrected chi connectivity index (χ0v) is 7.75. The van der Waals surface area contributed by atoms with E-state index in [0.717, 1.165) is 12.8 Å². The summed E-state index contributed by atoms with van der Waals surface area (Å²) in [7, 11) is 1.59. The van der Waals surface area contributed by atoms with E-state index in [1.807, 2.05) is 0 Å². The lowest BCUT2D eigenvalue weighted by atomic mass is 9.81. The van der Waals surface area contributed by atoms with E-state index < -0.39 is 5.97 Å². The van der Waals surface area contributed by atoms with Crippen molar-refractivity contribution in [2.45, 2.75) is 25.7 Å². The highest BCUT2D eigenvalue weighted by Crippen LogP contribution is 2.29. The van der Waals surface area contributed by atoms with Gasteiger partial charge < -0.3 is 10.4 Å². The van der Waals surface area contributed by atoms with Crippen LogP contribution in [0.4, 0.5) is 0 Å². The van der Waals surface area contributed by atoms with Crippen LogP contribution in [0, 0.1) is 11.8 Å². The maximum Gasteiger partial charge on any atom is 0.306 e. The molecule has 0 aromatic carbocycles. The molecule has 0 saturated heterocycles. The zero-order valence-electron chi connectivity index (χ0n) is 7.75. The standard InChI is InChI=1S/C9H15NO3/c1-10-8(11)6-3-2-4-7(5-6)9(12)13/h6-7H,2-5H2,1H3,(H,10,11)(H,12,13). The molecule has 0 radical (unpaired) electrons. The van der Waals surface area contributed by atoms with Gasteiger partial charge in [-0.1, -0.05) is 6.42 Å². The highest BCUT2D eigenvalue weighted by Gasteiger charge is 2.30. The second kappa shape index (κ2) is 4.25. The Morgan fingerprint density at radius 1 is 1.31 bits per heavy atom. The zero-order chi connectivity index (χ0) is 9.84. The molecule has 13 heavy (non-hydrogen) atoms. The Balaban J connectivity index is 2.51. The van der Waals surface area contributed by atoms with Crippen LogP contribution < -0.4 is 5.32 Å². The third-order valence-electron chi connectivity index (χ3n) is 2.64. The van der Waals surface area contributed by atoms with Crippen LogP contribution in [0.5, 0.6) is 0 Å². The number of carboxylic acids is 1. The number of amides is 1. The number of hydrogen-bond acceptors (Lipinski definition) is 2. The van der Waals surface area contributed by atoms with E-state index >= 15 is 0 Å². The number of rotatable bonds is 2. The Bertz CT molecular complexity index is 215. The third-order valence-corrected chi connectivity index (χ3v) is 2.64. The molecule has 2 N–H and O–H groups in total. The molecule has 1 fully saturated rings. The first-order valence-electron chi connectivity index (χ1n) is 4.59. The summed E-state index contributed by atoms with van der Waals surface area (Å²) in [5.41, 5.74) is 0. The van der Waals surface area contributed by atoms with E-state index in [4.69, 9.17) is 5.11 Å². The van der Waals surface area contributed by atoms with E-state index in [9.17, 15) is 9.59 Å². The van der Waals surface area contributed by atoms with Gasteiger partial charge in [-0.3, -0.25) is 9.59 Å². The maximum absolute atomic E-state index is 11.2. The first kappa shape index (κ1) is 10.0. The van der Waals surface area contributed by atoms with Crippen LogP contribution in [-0.4, -0.2) is 24.0 Å². The van der Waals surface area contributed by atoms with E-state index in [2.05, 4.69) is 5.32 Å². The average Bonchev–Trinajstić information content (AvgIpc) is 2.17. The normalized spacial score (nSPS) is 28.1. The van der Waals surface area contributed by atoms with E-state index in [1.165, 1.54) is 0 Å². The second-order valence-corrected chi connectivity index (χ2v) is 3.51. The number of carbonyl (C=O) groups excluding carboxylic acids is 1. The molecule has 0 spiro atoms. The smallest absolute Gasteiger partial charge is 0.306 e. The van der Waals surface area contributed by atoms with Crippen molar-refractivity contribution in [3.8, 4) is 0 Å². The summed E-state index contributed by atoms with van der Waals surface area (Å²) in [5, 5.41) is 11.3. The van der Waals surface area contributed by atoms with Gasteiger partial charge in [0.15, 0.2) is 0 Å². The molecule has 0 aromatic heterocycles. The number of nitrogens with one attached hydrogen (secondary N) is 1. The topological polar surface area (TPSA) is 66.4 Å². The molecule has 2 atom stereocenters. The molecule has 1 aliphatic carbocycles. The van der Waals surface area contributed by atoms with Crippen LogP contribution in [0.25, 0.3) is 0 Å². The summed E-state index contributed by atoms with van der Waals surface area (Å²) >= 11 is 0. The van der Waals surface area contributed by atoms with Crippen LogP contribution in [0.3, 0.4) is 0 Å². The van der Waals surface area contributed by atoms with Gasteiger partial charge in [0.25, 0.3) is 0 Å². The fraction of sp³-hybridized carbons (Fsp3) is 0.778. The predicted molar refractivity (Wildman–Crippen MR) is 47.2 cm³/mol. The van der Waals surface area contributed by atoms with Crippen LogP contribution in [0.1, 0.15) is 25.7 Å². The largest absolute Gasteiger partial charge is 0.481 e. The fourth-order valence-corrected chi connectivity index (χ4v) is 1.86. The summed E-state index contributed by atoms with van der Waals surface area (Å²) in [6.45, 7) is 0. The predicted octanol–water partition coefficient (Wildman–Crippen LogP) is 0.623. The number of hydrogen-bond donors (Lipinski definition) is 2. The molecule has 4 nitrogen and oxygen atoms in total. The van der Waals surface area contributed by atoms with Gasteiger partial charge in [-0.15, -0.1) is 0 Å². The summed E-state index contributed by atoms with van der Waals surface area (Å²) in [4.78, 5) is 21.9.